The van der Waals surface area contributed by atoms with Crippen molar-refractivity contribution in [3.63, 3.8) is 0 Å². The van der Waals surface area contributed by atoms with Gasteiger partial charge in [0, 0.05) is 6.54 Å². The third-order valence-corrected chi connectivity index (χ3v) is 1.91. The molecule has 5 nitrogen and oxygen atoms in total. The third kappa shape index (κ3) is 3.34. The molecule has 0 amide bonds. The van der Waals surface area contributed by atoms with E-state index in [9.17, 15) is 0 Å². The van der Waals surface area contributed by atoms with Gasteiger partial charge in [-0.25, -0.2) is 0 Å². The van der Waals surface area contributed by atoms with Gasteiger partial charge in [0.2, 0.25) is 0 Å². The van der Waals surface area contributed by atoms with Gasteiger partial charge in [-0.05, 0) is 30.2 Å². The Balaban J connectivity index is 2.96. The van der Waals surface area contributed by atoms with Crippen LogP contribution < -0.4 is 16.3 Å². The number of nitriles is 1. The van der Waals surface area contributed by atoms with Gasteiger partial charge in [-0.2, -0.15) is 5.26 Å². The maximum absolute atomic E-state index is 9.00. The summed E-state index contributed by atoms with van der Waals surface area (Å²) in [5.74, 6) is 0. The van der Waals surface area contributed by atoms with Crippen LogP contribution in [-0.2, 0) is 6.54 Å². The summed E-state index contributed by atoms with van der Waals surface area (Å²) in [6.07, 6.45) is 0. The minimum absolute atomic E-state index is 0.321. The summed E-state index contributed by atoms with van der Waals surface area (Å²) >= 11 is 0. The molecule has 1 rings (SSSR count). The Bertz CT molecular complexity index is 376. The lowest BCUT2D eigenvalue weighted by Gasteiger charge is -2.06. The van der Waals surface area contributed by atoms with Crippen LogP contribution in [0.3, 0.4) is 0 Å². The lowest BCUT2D eigenvalue weighted by atomic mass is 9.78. The smallest absolute Gasteiger partial charge is 0.423 e. The molecular formula is C9H12BN3O2. The molecule has 0 bridgehead atoms. The molecular weight excluding hydrogens is 193 g/mol. The zero-order valence-electron chi connectivity index (χ0n) is 8.36. The van der Waals surface area contributed by atoms with Crippen molar-refractivity contribution in [2.24, 2.45) is 0 Å². The number of benzene rings is 1. The Morgan fingerprint density at radius 1 is 1.40 bits per heavy atom. The third-order valence-electron chi connectivity index (χ3n) is 1.91. The van der Waals surface area contributed by atoms with Gasteiger partial charge in [0.25, 0.3) is 0 Å². The molecule has 0 saturated carbocycles. The molecule has 0 aliphatic carbocycles. The number of hydrogen-bond donors (Lipinski definition) is 4. The van der Waals surface area contributed by atoms with Gasteiger partial charge in [-0.1, -0.05) is 6.07 Å². The number of rotatable bonds is 4. The molecule has 6 heteroatoms. The Hall–Kier alpha value is -1.39. The van der Waals surface area contributed by atoms with Crippen LogP contribution in [0.4, 0.5) is 0 Å². The molecule has 0 aromatic heterocycles. The van der Waals surface area contributed by atoms with Gasteiger partial charge in [-0.3, -0.25) is 10.9 Å². The normalized spacial score (nSPS) is 9.73. The SMILES string of the molecule is CNNCc1cc(C#N)cc(B(O)O)c1. The highest BCUT2D eigenvalue weighted by Gasteiger charge is 2.12. The zero-order chi connectivity index (χ0) is 11.3. The van der Waals surface area contributed by atoms with E-state index >= 15 is 0 Å². The van der Waals surface area contributed by atoms with Gasteiger partial charge in [0.05, 0.1) is 11.6 Å². The van der Waals surface area contributed by atoms with Crippen LogP contribution >= 0.6 is 0 Å². The first-order chi connectivity index (χ1) is 7.17. The van der Waals surface area contributed by atoms with Crippen LogP contribution in [-0.4, -0.2) is 24.2 Å². The largest absolute Gasteiger partial charge is 0.488 e. The summed E-state index contributed by atoms with van der Waals surface area (Å²) in [7, 11) is 0.183. The molecule has 0 aliphatic heterocycles. The predicted molar refractivity (Wildman–Crippen MR) is 56.9 cm³/mol. The van der Waals surface area contributed by atoms with Gasteiger partial charge in [-0.15, -0.1) is 0 Å². The second-order valence-electron chi connectivity index (χ2n) is 3.05. The molecule has 78 valence electrons. The van der Waals surface area contributed by atoms with E-state index in [-0.39, 0.29) is 0 Å². The van der Waals surface area contributed by atoms with Crippen molar-refractivity contribution < 1.29 is 10.0 Å². The van der Waals surface area contributed by atoms with E-state index in [0.29, 0.717) is 17.6 Å². The van der Waals surface area contributed by atoms with Crippen molar-refractivity contribution in [1.29, 1.82) is 5.26 Å². The van der Waals surface area contributed by atoms with Crippen molar-refractivity contribution in [3.8, 4) is 6.07 Å². The van der Waals surface area contributed by atoms with Crippen molar-refractivity contribution in [1.82, 2.24) is 10.9 Å². The van der Waals surface area contributed by atoms with Crippen LogP contribution in [0.2, 0.25) is 0 Å². The van der Waals surface area contributed by atoms with Crippen molar-refractivity contribution in [2.75, 3.05) is 7.05 Å². The van der Waals surface area contributed by atoms with Crippen molar-refractivity contribution in [3.05, 3.63) is 29.3 Å². The average Bonchev–Trinajstić information content (AvgIpc) is 2.25. The monoisotopic (exact) mass is 205 g/mol. The molecule has 0 atom stereocenters. The van der Waals surface area contributed by atoms with E-state index in [1.807, 2.05) is 6.07 Å². The van der Waals surface area contributed by atoms with Gasteiger partial charge < -0.3 is 10.0 Å². The van der Waals surface area contributed by atoms with Gasteiger partial charge >= 0.3 is 7.12 Å². The fourth-order valence-corrected chi connectivity index (χ4v) is 1.22. The molecule has 0 radical (unpaired) electrons. The molecule has 4 N–H and O–H groups in total. The second-order valence-corrected chi connectivity index (χ2v) is 3.05. The van der Waals surface area contributed by atoms with E-state index < -0.39 is 7.12 Å². The minimum atomic E-state index is -1.55. The summed E-state index contributed by atoms with van der Waals surface area (Å²) in [5.41, 5.74) is 7.15. The van der Waals surface area contributed by atoms with E-state index in [1.165, 1.54) is 6.07 Å². The van der Waals surface area contributed by atoms with Crippen LogP contribution in [0.1, 0.15) is 11.1 Å². The molecule has 0 aliphatic rings. The van der Waals surface area contributed by atoms with Crippen LogP contribution in [0.15, 0.2) is 18.2 Å². The Labute approximate surface area is 88.5 Å². The summed E-state index contributed by atoms with van der Waals surface area (Å²) < 4.78 is 0. The molecule has 15 heavy (non-hydrogen) atoms. The number of nitrogens with one attached hydrogen (secondary N) is 2. The lowest BCUT2D eigenvalue weighted by molar-refractivity contribution is 0.425. The Morgan fingerprint density at radius 3 is 2.67 bits per heavy atom. The molecule has 0 unspecified atom stereocenters. The first-order valence-corrected chi connectivity index (χ1v) is 4.47. The fraction of sp³-hybridized carbons (Fsp3) is 0.222. The molecule has 1 aromatic rings. The predicted octanol–water partition coefficient (Wildman–Crippen LogP) is -1.54. The summed E-state index contributed by atoms with van der Waals surface area (Å²) in [6, 6.07) is 6.75. The number of hydrazine groups is 1. The van der Waals surface area contributed by atoms with Crippen LogP contribution in [0.25, 0.3) is 0 Å². The molecule has 0 heterocycles. The highest BCUT2D eigenvalue weighted by Crippen LogP contribution is 2.02. The van der Waals surface area contributed by atoms with Crippen molar-refractivity contribution in [2.45, 2.75) is 6.54 Å². The van der Waals surface area contributed by atoms with Crippen LogP contribution in [0, 0.1) is 11.3 Å². The summed E-state index contributed by atoms with van der Waals surface area (Å²) in [5, 5.41) is 26.8. The van der Waals surface area contributed by atoms with Crippen LogP contribution in [0.5, 0.6) is 0 Å². The van der Waals surface area contributed by atoms with E-state index in [4.69, 9.17) is 15.3 Å². The second kappa shape index (κ2) is 5.48. The summed E-state index contributed by atoms with van der Waals surface area (Å²) in [6.45, 7) is 0.506. The zero-order valence-corrected chi connectivity index (χ0v) is 8.36. The summed E-state index contributed by atoms with van der Waals surface area (Å²) in [4.78, 5) is 0. The first-order valence-electron chi connectivity index (χ1n) is 4.47. The topological polar surface area (TPSA) is 88.3 Å². The minimum Gasteiger partial charge on any atom is -0.423 e. The quantitative estimate of drug-likeness (QED) is 0.353. The maximum Gasteiger partial charge on any atom is 0.488 e. The van der Waals surface area contributed by atoms with Gasteiger partial charge in [0.15, 0.2) is 0 Å². The maximum atomic E-state index is 9.00. The lowest BCUT2D eigenvalue weighted by Crippen LogP contribution is -2.32. The molecule has 0 spiro atoms. The van der Waals surface area contributed by atoms with E-state index in [1.54, 1.807) is 19.2 Å². The highest BCUT2D eigenvalue weighted by molar-refractivity contribution is 6.58. The highest BCUT2D eigenvalue weighted by atomic mass is 16.4. The fourth-order valence-electron chi connectivity index (χ4n) is 1.22. The standard InChI is InChI=1S/C9H12BN3O2/c1-12-13-6-8-2-7(5-11)3-9(4-8)10(14)15/h2-4,12-15H,6H2,1H3. The molecule has 1 aromatic carbocycles. The first kappa shape index (κ1) is 11.7. The Morgan fingerprint density at radius 2 is 2.13 bits per heavy atom. The van der Waals surface area contributed by atoms with Crippen molar-refractivity contribution >= 4 is 12.6 Å². The number of nitrogens with zero attached hydrogens (tertiary/aromatic N) is 1. The molecule has 0 fully saturated rings. The average molecular weight is 205 g/mol. The Kier molecular flexibility index (Phi) is 4.27. The molecule has 0 saturated heterocycles. The van der Waals surface area contributed by atoms with E-state index in [2.05, 4.69) is 10.9 Å². The van der Waals surface area contributed by atoms with Gasteiger partial charge in [0.1, 0.15) is 0 Å². The van der Waals surface area contributed by atoms with E-state index in [0.717, 1.165) is 5.56 Å². The number of hydrogen-bond acceptors (Lipinski definition) is 5.